The third kappa shape index (κ3) is 6.61. The van der Waals surface area contributed by atoms with Crippen LogP contribution in [0.1, 0.15) is 37.0 Å². The van der Waals surface area contributed by atoms with Gasteiger partial charge in [0.15, 0.2) is 6.61 Å². The van der Waals surface area contributed by atoms with Gasteiger partial charge in [-0.1, -0.05) is 52.1 Å². The van der Waals surface area contributed by atoms with Crippen LogP contribution in [0.4, 0.5) is 0 Å². The number of carbonyl (C=O) groups excluding carboxylic acids is 2. The van der Waals surface area contributed by atoms with E-state index in [9.17, 15) is 9.59 Å². The predicted molar refractivity (Wildman–Crippen MR) is 129 cm³/mol. The molecule has 0 unspecified atom stereocenters. The van der Waals surface area contributed by atoms with Crippen LogP contribution in [0.5, 0.6) is 5.75 Å². The number of nitrogens with one attached hydrogen (secondary N) is 1. The molecule has 2 amide bonds. The molecule has 0 aliphatic heterocycles. The van der Waals surface area contributed by atoms with Gasteiger partial charge in [0.2, 0.25) is 5.91 Å². The monoisotopic (exact) mass is 528 g/mol. The van der Waals surface area contributed by atoms with E-state index in [-0.39, 0.29) is 25.0 Å². The average Bonchev–Trinajstić information content (AvgIpc) is 2.72. The summed E-state index contributed by atoms with van der Waals surface area (Å²) in [5.74, 6) is 0.0394. The first-order chi connectivity index (χ1) is 14.7. The minimum absolute atomic E-state index is 0.106. The average molecular weight is 530 g/mol. The Morgan fingerprint density at radius 2 is 1.71 bits per heavy atom. The fourth-order valence-corrected chi connectivity index (χ4v) is 4.03. The Morgan fingerprint density at radius 3 is 2.23 bits per heavy atom. The summed E-state index contributed by atoms with van der Waals surface area (Å²) in [5, 5.41) is 3.68. The summed E-state index contributed by atoms with van der Waals surface area (Å²) in [6, 6.07) is 8.21. The number of aryl methyl sites for hydroxylation is 2. The van der Waals surface area contributed by atoms with Gasteiger partial charge in [0.25, 0.3) is 5.91 Å². The number of amides is 2. The number of ether oxygens (including phenoxy) is 1. The van der Waals surface area contributed by atoms with E-state index in [1.165, 1.54) is 4.90 Å². The fourth-order valence-electron chi connectivity index (χ4n) is 3.28. The molecule has 8 heteroatoms. The van der Waals surface area contributed by atoms with E-state index >= 15 is 0 Å². The molecule has 0 bridgehead atoms. The summed E-state index contributed by atoms with van der Waals surface area (Å²) in [6.07, 6.45) is 0.441. The highest BCUT2D eigenvalue weighted by Crippen LogP contribution is 2.28. The third-order valence-corrected chi connectivity index (χ3v) is 6.86. The Labute approximate surface area is 202 Å². The maximum atomic E-state index is 13.2. The van der Waals surface area contributed by atoms with Crippen LogP contribution in [0.25, 0.3) is 0 Å². The normalized spacial score (nSPS) is 11.7. The molecule has 2 aromatic carbocycles. The van der Waals surface area contributed by atoms with Crippen molar-refractivity contribution in [3.8, 4) is 5.75 Å². The van der Waals surface area contributed by atoms with Crippen LogP contribution in [-0.2, 0) is 16.1 Å². The molecule has 0 saturated heterocycles. The molecule has 0 heterocycles. The molecule has 0 radical (unpaired) electrons. The highest BCUT2D eigenvalue weighted by Gasteiger charge is 2.29. The number of halogens is 3. The standard InChI is InChI=1S/C23H27BrCl2N2O3/c1-5-20(23(30)27-6-2)28(12-17-18(25)8-7-9-19(17)26)21(29)13-31-16-10-14(3)22(24)15(4)11-16/h7-11,20H,5-6,12-13H2,1-4H3,(H,27,30)/t20-/m1/s1. The van der Waals surface area contributed by atoms with E-state index in [4.69, 9.17) is 27.9 Å². The molecule has 1 N–H and O–H groups in total. The Bertz CT molecular complexity index is 909. The van der Waals surface area contributed by atoms with Gasteiger partial charge in [0, 0.05) is 33.2 Å². The van der Waals surface area contributed by atoms with E-state index in [0.717, 1.165) is 15.6 Å². The van der Waals surface area contributed by atoms with Crippen molar-refractivity contribution in [2.75, 3.05) is 13.2 Å². The Kier molecular flexibility index (Phi) is 9.66. The highest BCUT2D eigenvalue weighted by molar-refractivity contribution is 9.10. The van der Waals surface area contributed by atoms with Crippen molar-refractivity contribution < 1.29 is 14.3 Å². The predicted octanol–water partition coefficient (Wildman–Crippen LogP) is 5.70. The molecule has 2 aromatic rings. The minimum Gasteiger partial charge on any atom is -0.484 e. The van der Waals surface area contributed by atoms with Crippen molar-refractivity contribution >= 4 is 50.9 Å². The maximum Gasteiger partial charge on any atom is 0.261 e. The molecule has 2 rings (SSSR count). The topological polar surface area (TPSA) is 58.6 Å². The van der Waals surface area contributed by atoms with Crippen LogP contribution in [0.3, 0.4) is 0 Å². The van der Waals surface area contributed by atoms with Gasteiger partial charge in [-0.05, 0) is 62.6 Å². The zero-order valence-electron chi connectivity index (χ0n) is 18.1. The lowest BCUT2D eigenvalue weighted by molar-refractivity contribution is -0.142. The number of rotatable bonds is 9. The lowest BCUT2D eigenvalue weighted by atomic mass is 10.1. The highest BCUT2D eigenvalue weighted by atomic mass is 79.9. The van der Waals surface area contributed by atoms with Gasteiger partial charge >= 0.3 is 0 Å². The smallest absolute Gasteiger partial charge is 0.261 e. The summed E-state index contributed by atoms with van der Waals surface area (Å²) >= 11 is 16.2. The Hall–Kier alpha value is -1.76. The molecule has 168 valence electrons. The summed E-state index contributed by atoms with van der Waals surface area (Å²) in [4.78, 5) is 27.4. The number of hydrogen-bond acceptors (Lipinski definition) is 3. The van der Waals surface area contributed by atoms with E-state index in [1.807, 2.05) is 39.8 Å². The van der Waals surface area contributed by atoms with E-state index < -0.39 is 6.04 Å². The summed E-state index contributed by atoms with van der Waals surface area (Å²) in [5.41, 5.74) is 2.61. The lowest BCUT2D eigenvalue weighted by Gasteiger charge is -2.31. The molecule has 0 aliphatic carbocycles. The molecule has 0 aliphatic rings. The third-order valence-electron chi connectivity index (χ3n) is 4.90. The second-order valence-corrected chi connectivity index (χ2v) is 8.81. The summed E-state index contributed by atoms with van der Waals surface area (Å²) in [7, 11) is 0. The van der Waals surface area contributed by atoms with E-state index in [0.29, 0.717) is 34.3 Å². The number of likely N-dealkylation sites (N-methyl/N-ethyl adjacent to an activating group) is 1. The second-order valence-electron chi connectivity index (χ2n) is 7.20. The van der Waals surface area contributed by atoms with Crippen LogP contribution >= 0.6 is 39.1 Å². The van der Waals surface area contributed by atoms with E-state index in [1.54, 1.807) is 18.2 Å². The lowest BCUT2D eigenvalue weighted by Crippen LogP contribution is -2.50. The van der Waals surface area contributed by atoms with Crippen molar-refractivity contribution in [2.45, 2.75) is 46.7 Å². The molecule has 0 spiro atoms. The van der Waals surface area contributed by atoms with Gasteiger partial charge in [-0.25, -0.2) is 0 Å². The summed E-state index contributed by atoms with van der Waals surface area (Å²) in [6.45, 7) is 7.98. The van der Waals surface area contributed by atoms with Gasteiger partial charge < -0.3 is 15.0 Å². The van der Waals surface area contributed by atoms with Crippen molar-refractivity contribution in [3.05, 3.63) is 61.5 Å². The van der Waals surface area contributed by atoms with Gasteiger partial charge in [0.1, 0.15) is 11.8 Å². The van der Waals surface area contributed by atoms with Crippen LogP contribution < -0.4 is 10.1 Å². The number of benzene rings is 2. The van der Waals surface area contributed by atoms with Gasteiger partial charge in [-0.3, -0.25) is 9.59 Å². The number of hydrogen-bond donors (Lipinski definition) is 1. The molecule has 0 aromatic heterocycles. The molecule has 0 saturated carbocycles. The molecular formula is C23H27BrCl2N2O3. The Balaban J connectivity index is 2.30. The largest absolute Gasteiger partial charge is 0.484 e. The molecule has 1 atom stereocenters. The van der Waals surface area contributed by atoms with Crippen LogP contribution in [0, 0.1) is 13.8 Å². The fraction of sp³-hybridized carbons (Fsp3) is 0.391. The molecule has 5 nitrogen and oxygen atoms in total. The number of carbonyl (C=O) groups is 2. The SMILES string of the molecule is CCNC(=O)[C@@H](CC)N(Cc1c(Cl)cccc1Cl)C(=O)COc1cc(C)c(Br)c(C)c1. The second kappa shape index (κ2) is 11.7. The van der Waals surface area contributed by atoms with E-state index in [2.05, 4.69) is 21.2 Å². The molecule has 0 fully saturated rings. The van der Waals surface area contributed by atoms with Gasteiger partial charge in [0.05, 0.1) is 0 Å². The quantitative estimate of drug-likeness (QED) is 0.453. The molecular weight excluding hydrogens is 503 g/mol. The maximum absolute atomic E-state index is 13.2. The Morgan fingerprint density at radius 1 is 1.13 bits per heavy atom. The van der Waals surface area contributed by atoms with Gasteiger partial charge in [-0.2, -0.15) is 0 Å². The van der Waals surface area contributed by atoms with Crippen LogP contribution in [0.2, 0.25) is 10.0 Å². The van der Waals surface area contributed by atoms with Gasteiger partial charge in [-0.15, -0.1) is 0 Å². The van der Waals surface area contributed by atoms with Crippen molar-refractivity contribution in [3.63, 3.8) is 0 Å². The first-order valence-corrected chi connectivity index (χ1v) is 11.6. The first kappa shape index (κ1) is 25.5. The van der Waals surface area contributed by atoms with Crippen LogP contribution in [-0.4, -0.2) is 35.9 Å². The van der Waals surface area contributed by atoms with Crippen LogP contribution in [0.15, 0.2) is 34.8 Å². The molecule has 31 heavy (non-hydrogen) atoms. The zero-order valence-corrected chi connectivity index (χ0v) is 21.2. The first-order valence-electron chi connectivity index (χ1n) is 10.1. The minimum atomic E-state index is -0.670. The van der Waals surface area contributed by atoms with Crippen molar-refractivity contribution in [2.24, 2.45) is 0 Å². The summed E-state index contributed by atoms with van der Waals surface area (Å²) < 4.78 is 6.79. The zero-order chi connectivity index (χ0) is 23.1. The van der Waals surface area contributed by atoms with Crippen molar-refractivity contribution in [1.82, 2.24) is 10.2 Å². The van der Waals surface area contributed by atoms with Crippen molar-refractivity contribution in [1.29, 1.82) is 0 Å². The number of nitrogens with zero attached hydrogens (tertiary/aromatic N) is 1.